The number of aliphatic imine (C=N–C) groups is 1. The van der Waals surface area contributed by atoms with Crippen LogP contribution in [0.5, 0.6) is 5.75 Å². The molecule has 2 aliphatic heterocycles. The van der Waals surface area contributed by atoms with E-state index in [0.29, 0.717) is 37.4 Å². The highest BCUT2D eigenvalue weighted by molar-refractivity contribution is 6.02. The van der Waals surface area contributed by atoms with Crippen molar-refractivity contribution in [1.82, 2.24) is 20.5 Å². The van der Waals surface area contributed by atoms with E-state index in [1.807, 2.05) is 18.2 Å². The largest absolute Gasteiger partial charge is 0.496 e. The van der Waals surface area contributed by atoms with E-state index < -0.39 is 12.1 Å². The van der Waals surface area contributed by atoms with Crippen molar-refractivity contribution < 1.29 is 23.9 Å². The lowest BCUT2D eigenvalue weighted by Gasteiger charge is -2.25. The predicted molar refractivity (Wildman–Crippen MR) is 127 cm³/mol. The minimum atomic E-state index is -0.698. The Kier molecular flexibility index (Phi) is 7.16. The second kappa shape index (κ2) is 10.3. The van der Waals surface area contributed by atoms with Crippen molar-refractivity contribution in [2.45, 2.75) is 37.5 Å². The number of methoxy groups -OCH3 is 2. The van der Waals surface area contributed by atoms with Crippen molar-refractivity contribution in [2.24, 2.45) is 10.9 Å². The third-order valence-electron chi connectivity index (χ3n) is 6.59. The second-order valence-electron chi connectivity index (χ2n) is 8.71. The number of nitrogens with zero attached hydrogens (tertiary/aromatic N) is 2. The van der Waals surface area contributed by atoms with E-state index in [1.54, 1.807) is 38.4 Å². The lowest BCUT2D eigenvalue weighted by molar-refractivity contribution is -0.126. The topological polar surface area (TPSA) is 125 Å². The fraction of sp³-hybridized carbons (Fsp3) is 0.500. The first-order valence-electron chi connectivity index (χ1n) is 11.4. The number of hydrogen-bond donors (Lipinski definition) is 3. The van der Waals surface area contributed by atoms with Gasteiger partial charge in [-0.15, -0.1) is 0 Å². The Morgan fingerprint density at radius 1 is 1.35 bits per heavy atom. The minimum absolute atomic E-state index is 0.00453. The molecular weight excluding hydrogens is 438 g/mol. The first-order chi connectivity index (χ1) is 16.4. The number of aromatic nitrogens is 1. The summed E-state index contributed by atoms with van der Waals surface area (Å²) in [4.78, 5) is 47.5. The Balaban J connectivity index is 1.53. The molecule has 10 nitrogen and oxygen atoms in total. The Morgan fingerprint density at radius 3 is 2.85 bits per heavy atom. The van der Waals surface area contributed by atoms with E-state index in [2.05, 4.69) is 20.6 Å². The molecule has 0 bridgehead atoms. The van der Waals surface area contributed by atoms with Crippen LogP contribution in [0.2, 0.25) is 0 Å². The molecule has 34 heavy (non-hydrogen) atoms. The monoisotopic (exact) mass is 469 g/mol. The highest BCUT2D eigenvalue weighted by atomic mass is 16.5. The number of ether oxygens (including phenoxy) is 2. The van der Waals surface area contributed by atoms with Crippen molar-refractivity contribution in [3.63, 3.8) is 0 Å². The van der Waals surface area contributed by atoms with Crippen LogP contribution in [0.1, 0.15) is 29.8 Å². The number of fused-ring (bicyclic) bond motifs is 1. The summed E-state index contributed by atoms with van der Waals surface area (Å²) in [7, 11) is 4.79. The van der Waals surface area contributed by atoms with Crippen molar-refractivity contribution in [2.75, 3.05) is 34.4 Å². The van der Waals surface area contributed by atoms with Crippen LogP contribution in [0.4, 0.5) is 0 Å². The van der Waals surface area contributed by atoms with Crippen LogP contribution in [-0.2, 0) is 14.3 Å². The van der Waals surface area contributed by atoms with Crippen LogP contribution >= 0.6 is 0 Å². The third-order valence-corrected chi connectivity index (χ3v) is 6.59. The van der Waals surface area contributed by atoms with Gasteiger partial charge in [0.1, 0.15) is 17.5 Å². The van der Waals surface area contributed by atoms with Gasteiger partial charge in [0.05, 0.1) is 19.3 Å². The van der Waals surface area contributed by atoms with Gasteiger partial charge in [-0.2, -0.15) is 0 Å². The van der Waals surface area contributed by atoms with E-state index in [0.717, 1.165) is 17.3 Å². The Morgan fingerprint density at radius 2 is 2.18 bits per heavy atom. The summed E-state index contributed by atoms with van der Waals surface area (Å²) in [5, 5.41) is 6.60. The number of benzene rings is 1. The first-order valence-corrected chi connectivity index (χ1v) is 11.4. The minimum Gasteiger partial charge on any atom is -0.496 e. The highest BCUT2D eigenvalue weighted by Crippen LogP contribution is 2.29. The van der Waals surface area contributed by atoms with Gasteiger partial charge in [0, 0.05) is 56.7 Å². The Labute approximate surface area is 198 Å². The van der Waals surface area contributed by atoms with Gasteiger partial charge >= 0.3 is 0 Å². The summed E-state index contributed by atoms with van der Waals surface area (Å²) in [5.41, 5.74) is 1.16. The molecule has 2 aromatic rings. The fourth-order valence-electron chi connectivity index (χ4n) is 4.81. The lowest BCUT2D eigenvalue weighted by Crippen LogP contribution is -2.50. The average molecular weight is 470 g/mol. The van der Waals surface area contributed by atoms with Crippen LogP contribution < -0.4 is 15.4 Å². The molecule has 2 aliphatic rings. The van der Waals surface area contributed by atoms with Crippen molar-refractivity contribution >= 4 is 34.8 Å². The number of nitrogens with one attached hydrogen (secondary N) is 3. The molecule has 2 fully saturated rings. The number of aromatic amines is 1. The number of hydrogen-bond acceptors (Lipinski definition) is 6. The number of amides is 3. The van der Waals surface area contributed by atoms with Crippen molar-refractivity contribution in [1.29, 1.82) is 0 Å². The van der Waals surface area contributed by atoms with Crippen LogP contribution in [0.25, 0.3) is 10.9 Å². The third kappa shape index (κ3) is 4.77. The number of H-pyrrole nitrogens is 1. The molecule has 3 heterocycles. The molecule has 1 aromatic heterocycles. The van der Waals surface area contributed by atoms with Crippen molar-refractivity contribution in [3.05, 3.63) is 30.0 Å². The zero-order valence-electron chi connectivity index (χ0n) is 19.7. The fourth-order valence-corrected chi connectivity index (χ4v) is 4.81. The molecular formula is C24H31N5O5. The van der Waals surface area contributed by atoms with Crippen molar-refractivity contribution in [3.8, 4) is 5.75 Å². The molecule has 0 radical (unpaired) electrons. The molecule has 2 saturated heterocycles. The molecule has 4 rings (SSSR count). The normalized spacial score (nSPS) is 23.4. The zero-order chi connectivity index (χ0) is 24.2. The van der Waals surface area contributed by atoms with Gasteiger partial charge in [0.15, 0.2) is 0 Å². The quantitative estimate of drug-likeness (QED) is 0.500. The SMILES string of the molecule is CN=CC(CC1CCNC1=O)NC(=O)C1CC(OC)CN1C(=O)c1cc2c(OC)cccc2[nH]1. The summed E-state index contributed by atoms with van der Waals surface area (Å²) in [6, 6.07) is 6.19. The second-order valence-corrected chi connectivity index (χ2v) is 8.71. The molecule has 1 aromatic carbocycles. The van der Waals surface area contributed by atoms with E-state index in [4.69, 9.17) is 9.47 Å². The van der Waals surface area contributed by atoms with E-state index >= 15 is 0 Å². The highest BCUT2D eigenvalue weighted by Gasteiger charge is 2.41. The number of carbonyl (C=O) groups is 3. The molecule has 10 heteroatoms. The molecule has 3 N–H and O–H groups in total. The molecule has 0 saturated carbocycles. The van der Waals surface area contributed by atoms with Gasteiger partial charge in [-0.3, -0.25) is 19.4 Å². The Bertz CT molecular complexity index is 1100. The van der Waals surface area contributed by atoms with Gasteiger partial charge in [-0.25, -0.2) is 0 Å². The summed E-state index contributed by atoms with van der Waals surface area (Å²) < 4.78 is 10.9. The van der Waals surface area contributed by atoms with Gasteiger partial charge < -0.3 is 30.0 Å². The molecule has 0 aliphatic carbocycles. The molecule has 4 atom stereocenters. The van der Waals surface area contributed by atoms with Gasteiger partial charge in [0.2, 0.25) is 11.8 Å². The smallest absolute Gasteiger partial charge is 0.271 e. The summed E-state index contributed by atoms with van der Waals surface area (Å²) in [6.07, 6.45) is 2.97. The zero-order valence-corrected chi connectivity index (χ0v) is 19.7. The number of carbonyl (C=O) groups excluding carboxylic acids is 3. The van der Waals surface area contributed by atoms with Crippen LogP contribution in [0.15, 0.2) is 29.3 Å². The lowest BCUT2D eigenvalue weighted by atomic mass is 9.98. The maximum Gasteiger partial charge on any atom is 0.271 e. The van der Waals surface area contributed by atoms with E-state index in [9.17, 15) is 14.4 Å². The Hall–Kier alpha value is -3.40. The van der Waals surface area contributed by atoms with Crippen LogP contribution in [0.3, 0.4) is 0 Å². The van der Waals surface area contributed by atoms with Gasteiger partial charge in [0.25, 0.3) is 5.91 Å². The number of rotatable bonds is 8. The predicted octanol–water partition coefficient (Wildman–Crippen LogP) is 1.12. The maximum absolute atomic E-state index is 13.5. The molecule has 182 valence electrons. The average Bonchev–Trinajstić information content (AvgIpc) is 3.56. The molecule has 0 spiro atoms. The summed E-state index contributed by atoms with van der Waals surface area (Å²) in [5.74, 6) is -0.0811. The first kappa shape index (κ1) is 23.7. The molecule has 3 amide bonds. The van der Waals surface area contributed by atoms with E-state index in [-0.39, 0.29) is 29.7 Å². The van der Waals surface area contributed by atoms with E-state index in [1.165, 1.54) is 0 Å². The van der Waals surface area contributed by atoms with Crippen LogP contribution in [0, 0.1) is 5.92 Å². The molecule has 4 unspecified atom stereocenters. The maximum atomic E-state index is 13.5. The summed E-state index contributed by atoms with van der Waals surface area (Å²) >= 11 is 0. The van der Waals surface area contributed by atoms with Crippen LogP contribution in [-0.4, -0.2) is 86.4 Å². The van der Waals surface area contributed by atoms with Gasteiger partial charge in [-0.05, 0) is 31.0 Å². The van der Waals surface area contributed by atoms with Gasteiger partial charge in [-0.1, -0.05) is 6.07 Å². The standard InChI is InChI=1S/C24H31N5O5/c1-25-12-15(9-14-7-8-26-22(14)30)27-23(31)20-10-16(33-2)13-29(20)24(32)19-11-17-18(28-19)5-4-6-21(17)34-3/h4-6,11-12,14-16,20,28H,7-10,13H2,1-3H3,(H,26,30)(H,27,31). The summed E-state index contributed by atoms with van der Waals surface area (Å²) in [6.45, 7) is 0.945. The number of likely N-dealkylation sites (tertiary alicyclic amines) is 1.